The Bertz CT molecular complexity index is 196. The molecular weight excluding hydrogens is 220 g/mol. The van der Waals surface area contributed by atoms with Crippen molar-refractivity contribution in [3.05, 3.63) is 0 Å². The fraction of sp³-hybridized carbons (Fsp3) is 1.00. The van der Waals surface area contributed by atoms with E-state index in [1.165, 1.54) is 38.8 Å². The van der Waals surface area contributed by atoms with Crippen LogP contribution in [0.15, 0.2) is 0 Å². The lowest BCUT2D eigenvalue weighted by atomic mass is 9.84. The van der Waals surface area contributed by atoms with E-state index in [9.17, 15) is 0 Å². The molecule has 18 heavy (non-hydrogen) atoms. The van der Waals surface area contributed by atoms with Crippen molar-refractivity contribution in [2.75, 3.05) is 19.6 Å². The highest BCUT2D eigenvalue weighted by Crippen LogP contribution is 2.25. The SMILES string of the molecule is CCCCN(CC(CN)CC(C)(C)C)C(C)CC. The molecule has 0 saturated carbocycles. The van der Waals surface area contributed by atoms with Gasteiger partial charge in [-0.05, 0) is 50.6 Å². The van der Waals surface area contributed by atoms with Crippen molar-refractivity contribution in [2.24, 2.45) is 17.1 Å². The summed E-state index contributed by atoms with van der Waals surface area (Å²) >= 11 is 0. The second-order valence-corrected chi connectivity index (χ2v) is 6.97. The Morgan fingerprint density at radius 2 is 1.78 bits per heavy atom. The quantitative estimate of drug-likeness (QED) is 0.678. The van der Waals surface area contributed by atoms with Gasteiger partial charge in [0, 0.05) is 12.6 Å². The zero-order chi connectivity index (χ0) is 14.2. The van der Waals surface area contributed by atoms with Crippen LogP contribution in [0.1, 0.15) is 67.2 Å². The van der Waals surface area contributed by atoms with Crippen LogP contribution in [0.5, 0.6) is 0 Å². The fourth-order valence-corrected chi connectivity index (χ4v) is 2.53. The first-order valence-corrected chi connectivity index (χ1v) is 7.78. The molecule has 2 nitrogen and oxygen atoms in total. The number of nitrogens with two attached hydrogens (primary N) is 1. The van der Waals surface area contributed by atoms with Gasteiger partial charge in [-0.15, -0.1) is 0 Å². The molecule has 2 heteroatoms. The fourth-order valence-electron chi connectivity index (χ4n) is 2.53. The van der Waals surface area contributed by atoms with Gasteiger partial charge in [-0.25, -0.2) is 0 Å². The van der Waals surface area contributed by atoms with Crippen molar-refractivity contribution in [3.8, 4) is 0 Å². The third-order valence-electron chi connectivity index (χ3n) is 3.74. The molecule has 2 N–H and O–H groups in total. The van der Waals surface area contributed by atoms with E-state index in [-0.39, 0.29) is 0 Å². The average Bonchev–Trinajstić information content (AvgIpc) is 2.30. The summed E-state index contributed by atoms with van der Waals surface area (Å²) < 4.78 is 0. The van der Waals surface area contributed by atoms with Crippen molar-refractivity contribution in [1.29, 1.82) is 0 Å². The van der Waals surface area contributed by atoms with E-state index in [4.69, 9.17) is 5.73 Å². The molecular formula is C16H36N2. The number of rotatable bonds is 9. The van der Waals surface area contributed by atoms with E-state index in [2.05, 4.69) is 46.4 Å². The van der Waals surface area contributed by atoms with Gasteiger partial charge in [-0.3, -0.25) is 0 Å². The first-order chi connectivity index (χ1) is 8.34. The monoisotopic (exact) mass is 256 g/mol. The average molecular weight is 256 g/mol. The summed E-state index contributed by atoms with van der Waals surface area (Å²) in [5.41, 5.74) is 6.36. The molecule has 0 aliphatic rings. The third kappa shape index (κ3) is 8.10. The molecule has 0 aliphatic carbocycles. The van der Waals surface area contributed by atoms with Crippen molar-refractivity contribution in [2.45, 2.75) is 73.3 Å². The molecule has 0 spiro atoms. The summed E-state index contributed by atoms with van der Waals surface area (Å²) in [5.74, 6) is 0.635. The summed E-state index contributed by atoms with van der Waals surface area (Å²) in [4.78, 5) is 2.65. The minimum absolute atomic E-state index is 0.385. The standard InChI is InChI=1S/C16H36N2/c1-7-9-10-18(14(3)8-2)13-15(12-17)11-16(4,5)6/h14-15H,7-13,17H2,1-6H3. The van der Waals surface area contributed by atoms with Crippen LogP contribution in [0.25, 0.3) is 0 Å². The second-order valence-electron chi connectivity index (χ2n) is 6.97. The van der Waals surface area contributed by atoms with Crippen LogP contribution in [0.2, 0.25) is 0 Å². The molecule has 0 amide bonds. The van der Waals surface area contributed by atoms with Crippen LogP contribution in [-0.4, -0.2) is 30.6 Å². The van der Waals surface area contributed by atoms with Gasteiger partial charge in [0.25, 0.3) is 0 Å². The Labute approximate surface area is 115 Å². The van der Waals surface area contributed by atoms with Gasteiger partial charge in [0.1, 0.15) is 0 Å². The highest BCUT2D eigenvalue weighted by Gasteiger charge is 2.21. The molecule has 0 fully saturated rings. The molecule has 2 unspecified atom stereocenters. The van der Waals surface area contributed by atoms with E-state index in [1.807, 2.05) is 0 Å². The smallest absolute Gasteiger partial charge is 0.00644 e. The predicted molar refractivity (Wildman–Crippen MR) is 82.9 cm³/mol. The Morgan fingerprint density at radius 3 is 2.17 bits per heavy atom. The summed E-state index contributed by atoms with van der Waals surface area (Å²) in [5, 5.41) is 0. The van der Waals surface area contributed by atoms with Crippen LogP contribution in [-0.2, 0) is 0 Å². The van der Waals surface area contributed by atoms with Crippen LogP contribution in [0.4, 0.5) is 0 Å². The number of hydrogen-bond donors (Lipinski definition) is 1. The van der Waals surface area contributed by atoms with Gasteiger partial charge in [0.05, 0.1) is 0 Å². The van der Waals surface area contributed by atoms with Gasteiger partial charge in [0.2, 0.25) is 0 Å². The van der Waals surface area contributed by atoms with Crippen LogP contribution >= 0.6 is 0 Å². The lowest BCUT2D eigenvalue weighted by Gasteiger charge is -2.34. The van der Waals surface area contributed by atoms with E-state index in [0.717, 1.165) is 6.54 Å². The van der Waals surface area contributed by atoms with Gasteiger partial charge in [-0.1, -0.05) is 41.0 Å². The number of nitrogens with zero attached hydrogens (tertiary/aromatic N) is 1. The van der Waals surface area contributed by atoms with Crippen molar-refractivity contribution in [1.82, 2.24) is 4.90 Å². The molecule has 2 atom stereocenters. The Balaban J connectivity index is 4.41. The zero-order valence-corrected chi connectivity index (χ0v) is 13.6. The lowest BCUT2D eigenvalue weighted by molar-refractivity contribution is 0.150. The minimum Gasteiger partial charge on any atom is -0.330 e. The third-order valence-corrected chi connectivity index (χ3v) is 3.74. The lowest BCUT2D eigenvalue weighted by Crippen LogP contribution is -2.40. The second kappa shape index (κ2) is 8.92. The summed E-state index contributed by atoms with van der Waals surface area (Å²) in [7, 11) is 0. The van der Waals surface area contributed by atoms with Gasteiger partial charge >= 0.3 is 0 Å². The highest BCUT2D eigenvalue weighted by molar-refractivity contribution is 4.76. The topological polar surface area (TPSA) is 29.3 Å². The summed E-state index contributed by atoms with van der Waals surface area (Å²) in [6, 6.07) is 0.686. The Hall–Kier alpha value is -0.0800. The zero-order valence-electron chi connectivity index (χ0n) is 13.6. The van der Waals surface area contributed by atoms with Gasteiger partial charge < -0.3 is 10.6 Å². The molecule has 0 aliphatic heterocycles. The largest absolute Gasteiger partial charge is 0.330 e. The Morgan fingerprint density at radius 1 is 1.17 bits per heavy atom. The van der Waals surface area contributed by atoms with E-state index in [0.29, 0.717) is 17.4 Å². The van der Waals surface area contributed by atoms with Crippen LogP contribution in [0.3, 0.4) is 0 Å². The molecule has 0 aromatic rings. The Kier molecular flexibility index (Phi) is 8.89. The molecule has 0 bridgehead atoms. The first-order valence-electron chi connectivity index (χ1n) is 7.78. The van der Waals surface area contributed by atoms with E-state index in [1.54, 1.807) is 0 Å². The molecule has 0 saturated heterocycles. The normalized spacial score (nSPS) is 16.0. The molecule has 0 radical (unpaired) electrons. The van der Waals surface area contributed by atoms with Gasteiger partial charge in [0.15, 0.2) is 0 Å². The van der Waals surface area contributed by atoms with Crippen LogP contribution < -0.4 is 5.73 Å². The molecule has 0 aromatic carbocycles. The van der Waals surface area contributed by atoms with Crippen molar-refractivity contribution < 1.29 is 0 Å². The summed E-state index contributed by atoms with van der Waals surface area (Å²) in [6.45, 7) is 17.1. The molecule has 110 valence electrons. The van der Waals surface area contributed by atoms with Crippen LogP contribution in [0, 0.1) is 11.3 Å². The number of hydrogen-bond acceptors (Lipinski definition) is 2. The summed E-state index contributed by atoms with van der Waals surface area (Å²) in [6.07, 6.45) is 5.04. The van der Waals surface area contributed by atoms with E-state index < -0.39 is 0 Å². The molecule has 0 heterocycles. The maximum absolute atomic E-state index is 5.97. The first kappa shape index (κ1) is 17.9. The maximum atomic E-state index is 5.97. The predicted octanol–water partition coefficient (Wildman–Crippen LogP) is 3.90. The van der Waals surface area contributed by atoms with E-state index >= 15 is 0 Å². The molecule has 0 aromatic heterocycles. The minimum atomic E-state index is 0.385. The highest BCUT2D eigenvalue weighted by atomic mass is 15.1. The van der Waals surface area contributed by atoms with Gasteiger partial charge in [-0.2, -0.15) is 0 Å². The maximum Gasteiger partial charge on any atom is 0.00644 e. The van der Waals surface area contributed by atoms with Crippen molar-refractivity contribution >= 4 is 0 Å². The van der Waals surface area contributed by atoms with Crippen molar-refractivity contribution in [3.63, 3.8) is 0 Å². The molecule has 0 rings (SSSR count). The number of unbranched alkanes of at least 4 members (excludes halogenated alkanes) is 1.